The molecule has 2 aromatic rings. The normalized spacial score (nSPS) is 11.2. The van der Waals surface area contributed by atoms with Gasteiger partial charge in [0.15, 0.2) is 0 Å². The van der Waals surface area contributed by atoms with Gasteiger partial charge in [0.25, 0.3) is 10.0 Å². The van der Waals surface area contributed by atoms with Crippen LogP contribution in [-0.2, 0) is 10.0 Å². The van der Waals surface area contributed by atoms with Crippen molar-refractivity contribution in [3.05, 3.63) is 46.6 Å². The van der Waals surface area contributed by atoms with E-state index in [9.17, 15) is 8.42 Å². The highest BCUT2D eigenvalue weighted by Crippen LogP contribution is 2.24. The number of hydrogen-bond acceptors (Lipinski definition) is 4. The van der Waals surface area contributed by atoms with Crippen molar-refractivity contribution in [2.45, 2.75) is 18.7 Å². The third kappa shape index (κ3) is 3.74. The Labute approximate surface area is 133 Å². The molecular formula is C14H16BrN3O2S. The van der Waals surface area contributed by atoms with Crippen LogP contribution in [0.1, 0.15) is 12.5 Å². The number of benzene rings is 1. The predicted octanol–water partition coefficient (Wildman–Crippen LogP) is 3.39. The van der Waals surface area contributed by atoms with Gasteiger partial charge in [-0.05, 0) is 49.7 Å². The minimum absolute atomic E-state index is 0.132. The van der Waals surface area contributed by atoms with Gasteiger partial charge in [-0.1, -0.05) is 15.9 Å². The zero-order valence-corrected chi connectivity index (χ0v) is 14.1. The first-order valence-electron chi connectivity index (χ1n) is 6.42. The van der Waals surface area contributed by atoms with Crippen LogP contribution >= 0.6 is 15.9 Å². The molecule has 0 atom stereocenters. The topological polar surface area (TPSA) is 71.1 Å². The summed E-state index contributed by atoms with van der Waals surface area (Å²) in [5.41, 5.74) is 1.47. The number of sulfonamides is 1. The molecule has 0 aliphatic heterocycles. The average Bonchev–Trinajstić information content (AvgIpc) is 2.43. The third-order valence-electron chi connectivity index (χ3n) is 2.81. The van der Waals surface area contributed by atoms with Crippen molar-refractivity contribution in [3.63, 3.8) is 0 Å². The second-order valence-electron chi connectivity index (χ2n) is 4.45. The number of aryl methyl sites for hydroxylation is 1. The van der Waals surface area contributed by atoms with Gasteiger partial charge in [-0.2, -0.15) is 0 Å². The highest BCUT2D eigenvalue weighted by atomic mass is 79.9. The molecule has 0 radical (unpaired) electrons. The molecule has 0 amide bonds. The van der Waals surface area contributed by atoms with E-state index in [1.165, 1.54) is 6.07 Å². The van der Waals surface area contributed by atoms with Gasteiger partial charge in [0, 0.05) is 22.9 Å². The molecule has 0 saturated heterocycles. The standard InChI is InChI=1S/C14H16BrN3O2S/c1-3-16-14-13(5-4-8-17-14)21(19,20)18-11-6-7-12(15)10(2)9-11/h4-9,18H,3H2,1-2H3,(H,16,17). The van der Waals surface area contributed by atoms with E-state index in [1.54, 1.807) is 24.4 Å². The number of anilines is 2. The summed E-state index contributed by atoms with van der Waals surface area (Å²) in [6.07, 6.45) is 1.56. The van der Waals surface area contributed by atoms with E-state index in [4.69, 9.17) is 0 Å². The summed E-state index contributed by atoms with van der Waals surface area (Å²) in [7, 11) is -3.69. The van der Waals surface area contributed by atoms with E-state index in [2.05, 4.69) is 31.0 Å². The number of nitrogens with one attached hydrogen (secondary N) is 2. The molecule has 112 valence electrons. The van der Waals surface area contributed by atoms with Crippen LogP contribution in [0.15, 0.2) is 45.9 Å². The van der Waals surface area contributed by atoms with Crippen LogP contribution < -0.4 is 10.0 Å². The van der Waals surface area contributed by atoms with Crippen LogP contribution in [0.25, 0.3) is 0 Å². The quantitative estimate of drug-likeness (QED) is 0.847. The Morgan fingerprint density at radius 3 is 2.71 bits per heavy atom. The zero-order valence-electron chi connectivity index (χ0n) is 11.7. The van der Waals surface area contributed by atoms with Crippen molar-refractivity contribution in [1.29, 1.82) is 0 Å². The fourth-order valence-electron chi connectivity index (χ4n) is 1.83. The van der Waals surface area contributed by atoms with E-state index in [-0.39, 0.29) is 4.90 Å². The first kappa shape index (κ1) is 15.8. The maximum Gasteiger partial charge on any atom is 0.265 e. The van der Waals surface area contributed by atoms with Crippen LogP contribution in [-0.4, -0.2) is 19.9 Å². The average molecular weight is 370 g/mol. The Balaban J connectivity index is 2.36. The van der Waals surface area contributed by atoms with Crippen LogP contribution in [0.3, 0.4) is 0 Å². The highest BCUT2D eigenvalue weighted by Gasteiger charge is 2.19. The summed E-state index contributed by atoms with van der Waals surface area (Å²) in [4.78, 5) is 4.20. The van der Waals surface area contributed by atoms with Crippen LogP contribution in [0.2, 0.25) is 0 Å². The van der Waals surface area contributed by atoms with Crippen LogP contribution in [0.5, 0.6) is 0 Å². The monoisotopic (exact) mass is 369 g/mol. The Hall–Kier alpha value is -1.60. The molecule has 1 heterocycles. The van der Waals surface area contributed by atoms with Gasteiger partial charge in [0.1, 0.15) is 10.7 Å². The Bertz CT molecular complexity index is 748. The summed E-state index contributed by atoms with van der Waals surface area (Å²) in [5.74, 6) is 0.348. The van der Waals surface area contributed by atoms with Gasteiger partial charge in [-0.25, -0.2) is 13.4 Å². The smallest absolute Gasteiger partial charge is 0.265 e. The molecule has 7 heteroatoms. The molecule has 21 heavy (non-hydrogen) atoms. The number of rotatable bonds is 5. The van der Waals surface area contributed by atoms with E-state index in [0.29, 0.717) is 18.1 Å². The second-order valence-corrected chi connectivity index (χ2v) is 6.96. The summed E-state index contributed by atoms with van der Waals surface area (Å²) in [6, 6.07) is 8.41. The van der Waals surface area contributed by atoms with Crippen molar-refractivity contribution in [2.75, 3.05) is 16.6 Å². The first-order chi connectivity index (χ1) is 9.94. The molecule has 1 aromatic carbocycles. The molecule has 0 fully saturated rings. The van der Waals surface area contributed by atoms with E-state index >= 15 is 0 Å². The van der Waals surface area contributed by atoms with Gasteiger partial charge in [-0.15, -0.1) is 0 Å². The van der Waals surface area contributed by atoms with Gasteiger partial charge in [0.05, 0.1) is 0 Å². The van der Waals surface area contributed by atoms with Gasteiger partial charge in [0.2, 0.25) is 0 Å². The van der Waals surface area contributed by atoms with Crippen molar-refractivity contribution >= 4 is 37.5 Å². The molecular weight excluding hydrogens is 354 g/mol. The van der Waals surface area contributed by atoms with Crippen LogP contribution in [0, 0.1) is 6.92 Å². The maximum absolute atomic E-state index is 12.5. The fourth-order valence-corrected chi connectivity index (χ4v) is 3.26. The predicted molar refractivity (Wildman–Crippen MR) is 88.1 cm³/mol. The minimum atomic E-state index is -3.69. The van der Waals surface area contributed by atoms with E-state index in [1.807, 2.05) is 19.9 Å². The molecule has 0 aliphatic carbocycles. The molecule has 0 spiro atoms. The summed E-state index contributed by atoms with van der Waals surface area (Å²) < 4.78 is 28.5. The third-order valence-corrected chi connectivity index (χ3v) is 5.12. The molecule has 5 nitrogen and oxygen atoms in total. The minimum Gasteiger partial charge on any atom is -0.369 e. The molecule has 0 bridgehead atoms. The number of nitrogens with zero attached hydrogens (tertiary/aromatic N) is 1. The SMILES string of the molecule is CCNc1ncccc1S(=O)(=O)Nc1ccc(Br)c(C)c1. The molecule has 0 saturated carbocycles. The lowest BCUT2D eigenvalue weighted by Crippen LogP contribution is -2.16. The summed E-state index contributed by atoms with van der Waals surface area (Å²) in [5, 5.41) is 2.95. The Kier molecular flexibility index (Phi) is 4.84. The molecule has 0 aliphatic rings. The highest BCUT2D eigenvalue weighted by molar-refractivity contribution is 9.10. The summed E-state index contributed by atoms with van der Waals surface area (Å²) >= 11 is 3.39. The van der Waals surface area contributed by atoms with Gasteiger partial charge >= 0.3 is 0 Å². The van der Waals surface area contributed by atoms with E-state index in [0.717, 1.165) is 10.0 Å². The maximum atomic E-state index is 12.5. The lowest BCUT2D eigenvalue weighted by atomic mass is 10.2. The number of pyridine rings is 1. The Morgan fingerprint density at radius 1 is 1.29 bits per heavy atom. The van der Waals surface area contributed by atoms with Crippen LogP contribution in [0.4, 0.5) is 11.5 Å². The van der Waals surface area contributed by atoms with Crippen molar-refractivity contribution in [3.8, 4) is 0 Å². The Morgan fingerprint density at radius 2 is 2.05 bits per heavy atom. The molecule has 2 rings (SSSR count). The first-order valence-corrected chi connectivity index (χ1v) is 8.69. The number of aromatic nitrogens is 1. The van der Waals surface area contributed by atoms with E-state index < -0.39 is 10.0 Å². The molecule has 0 unspecified atom stereocenters. The largest absolute Gasteiger partial charge is 0.369 e. The van der Waals surface area contributed by atoms with Gasteiger partial charge in [-0.3, -0.25) is 4.72 Å². The zero-order chi connectivity index (χ0) is 15.5. The van der Waals surface area contributed by atoms with Crippen molar-refractivity contribution in [1.82, 2.24) is 4.98 Å². The lowest BCUT2D eigenvalue weighted by Gasteiger charge is -2.12. The summed E-state index contributed by atoms with van der Waals surface area (Å²) in [6.45, 7) is 4.38. The number of hydrogen-bond donors (Lipinski definition) is 2. The fraction of sp³-hybridized carbons (Fsp3) is 0.214. The number of halogens is 1. The van der Waals surface area contributed by atoms with Gasteiger partial charge < -0.3 is 5.32 Å². The second kappa shape index (κ2) is 6.44. The molecule has 2 N–H and O–H groups in total. The lowest BCUT2D eigenvalue weighted by molar-refractivity contribution is 0.601. The van der Waals surface area contributed by atoms with Crippen molar-refractivity contribution < 1.29 is 8.42 Å². The van der Waals surface area contributed by atoms with Crippen molar-refractivity contribution in [2.24, 2.45) is 0 Å². The molecule has 1 aromatic heterocycles.